The SMILES string of the molecule is CCNCc1ccoc1COc1cnc2ccccc2c1. The monoisotopic (exact) mass is 282 g/mol. The van der Waals surface area contributed by atoms with Crippen molar-refractivity contribution in [2.24, 2.45) is 0 Å². The Labute approximate surface area is 123 Å². The zero-order chi connectivity index (χ0) is 14.5. The Morgan fingerprint density at radius 1 is 1.24 bits per heavy atom. The molecule has 0 atom stereocenters. The van der Waals surface area contributed by atoms with E-state index in [0.29, 0.717) is 6.61 Å². The topological polar surface area (TPSA) is 47.3 Å². The summed E-state index contributed by atoms with van der Waals surface area (Å²) in [6.45, 7) is 4.21. The van der Waals surface area contributed by atoms with Gasteiger partial charge in [0.25, 0.3) is 0 Å². The highest BCUT2D eigenvalue weighted by molar-refractivity contribution is 5.79. The minimum absolute atomic E-state index is 0.410. The largest absolute Gasteiger partial charge is 0.484 e. The molecular weight excluding hydrogens is 264 g/mol. The number of hydrogen-bond acceptors (Lipinski definition) is 4. The van der Waals surface area contributed by atoms with E-state index in [1.165, 1.54) is 0 Å². The Hall–Kier alpha value is -2.33. The molecule has 0 aliphatic heterocycles. The predicted octanol–water partition coefficient (Wildman–Crippen LogP) is 3.52. The minimum atomic E-state index is 0.410. The lowest BCUT2D eigenvalue weighted by molar-refractivity contribution is 0.267. The van der Waals surface area contributed by atoms with E-state index in [-0.39, 0.29) is 0 Å². The van der Waals surface area contributed by atoms with Crippen LogP contribution >= 0.6 is 0 Å². The van der Waals surface area contributed by atoms with Gasteiger partial charge in [-0.05, 0) is 24.7 Å². The fraction of sp³-hybridized carbons (Fsp3) is 0.235. The lowest BCUT2D eigenvalue weighted by atomic mass is 10.2. The van der Waals surface area contributed by atoms with E-state index in [0.717, 1.165) is 41.1 Å². The van der Waals surface area contributed by atoms with Crippen molar-refractivity contribution in [2.45, 2.75) is 20.1 Å². The molecule has 4 nitrogen and oxygen atoms in total. The minimum Gasteiger partial charge on any atom is -0.484 e. The summed E-state index contributed by atoms with van der Waals surface area (Å²) in [4.78, 5) is 4.39. The summed E-state index contributed by atoms with van der Waals surface area (Å²) in [6.07, 6.45) is 3.44. The van der Waals surface area contributed by atoms with Gasteiger partial charge in [-0.3, -0.25) is 4.98 Å². The predicted molar refractivity (Wildman–Crippen MR) is 82.2 cm³/mol. The Morgan fingerprint density at radius 3 is 3.05 bits per heavy atom. The zero-order valence-electron chi connectivity index (χ0n) is 12.0. The summed E-state index contributed by atoms with van der Waals surface area (Å²) in [5.41, 5.74) is 2.10. The molecule has 2 aromatic heterocycles. The average molecular weight is 282 g/mol. The standard InChI is InChI=1S/C17H18N2O2/c1-2-18-10-14-7-8-20-17(14)12-21-15-9-13-5-3-4-6-16(13)19-11-15/h3-9,11,18H,2,10,12H2,1H3. The van der Waals surface area contributed by atoms with Crippen LogP contribution in [0, 0.1) is 0 Å². The summed E-state index contributed by atoms with van der Waals surface area (Å²) in [7, 11) is 0. The average Bonchev–Trinajstić information content (AvgIpc) is 2.98. The van der Waals surface area contributed by atoms with Crippen molar-refractivity contribution in [1.82, 2.24) is 10.3 Å². The van der Waals surface area contributed by atoms with E-state index in [4.69, 9.17) is 9.15 Å². The Balaban J connectivity index is 1.70. The number of fused-ring (bicyclic) bond motifs is 1. The van der Waals surface area contributed by atoms with Gasteiger partial charge in [0.2, 0.25) is 0 Å². The van der Waals surface area contributed by atoms with Crippen LogP contribution in [0.4, 0.5) is 0 Å². The number of rotatable bonds is 6. The first kappa shape index (κ1) is 13.6. The Bertz CT molecular complexity index is 721. The molecule has 1 N–H and O–H groups in total. The van der Waals surface area contributed by atoms with Gasteiger partial charge in [-0.1, -0.05) is 25.1 Å². The van der Waals surface area contributed by atoms with Crippen molar-refractivity contribution in [3.63, 3.8) is 0 Å². The highest BCUT2D eigenvalue weighted by Gasteiger charge is 2.07. The molecule has 0 unspecified atom stereocenters. The number of pyridine rings is 1. The molecule has 0 aliphatic rings. The Morgan fingerprint density at radius 2 is 2.14 bits per heavy atom. The number of furan rings is 1. The first-order valence-electron chi connectivity index (χ1n) is 7.10. The number of hydrogen-bond donors (Lipinski definition) is 1. The molecule has 3 rings (SSSR count). The molecule has 3 aromatic rings. The molecule has 0 saturated heterocycles. The van der Waals surface area contributed by atoms with Gasteiger partial charge in [0.1, 0.15) is 18.1 Å². The van der Waals surface area contributed by atoms with Crippen molar-refractivity contribution < 1.29 is 9.15 Å². The third kappa shape index (κ3) is 3.23. The third-order valence-electron chi connectivity index (χ3n) is 3.34. The number of aromatic nitrogens is 1. The molecule has 0 radical (unpaired) electrons. The van der Waals surface area contributed by atoms with Crippen LogP contribution < -0.4 is 10.1 Å². The zero-order valence-corrected chi connectivity index (χ0v) is 12.0. The van der Waals surface area contributed by atoms with E-state index in [9.17, 15) is 0 Å². The summed E-state index contributed by atoms with van der Waals surface area (Å²) in [6, 6.07) is 12.0. The maximum absolute atomic E-state index is 5.80. The molecule has 108 valence electrons. The highest BCUT2D eigenvalue weighted by Crippen LogP contribution is 2.20. The summed E-state index contributed by atoms with van der Waals surface area (Å²) in [5, 5.41) is 4.36. The second kappa shape index (κ2) is 6.41. The van der Waals surface area contributed by atoms with E-state index in [1.807, 2.05) is 36.4 Å². The van der Waals surface area contributed by atoms with Crippen LogP contribution in [0.25, 0.3) is 10.9 Å². The van der Waals surface area contributed by atoms with Crippen LogP contribution in [-0.4, -0.2) is 11.5 Å². The van der Waals surface area contributed by atoms with Gasteiger partial charge in [-0.15, -0.1) is 0 Å². The van der Waals surface area contributed by atoms with Gasteiger partial charge < -0.3 is 14.5 Å². The number of para-hydroxylation sites is 1. The molecule has 0 fully saturated rings. The van der Waals surface area contributed by atoms with Crippen LogP contribution in [0.5, 0.6) is 5.75 Å². The maximum atomic E-state index is 5.80. The molecular formula is C17H18N2O2. The van der Waals surface area contributed by atoms with Crippen LogP contribution in [0.15, 0.2) is 53.3 Å². The van der Waals surface area contributed by atoms with E-state index >= 15 is 0 Å². The highest BCUT2D eigenvalue weighted by atomic mass is 16.5. The van der Waals surface area contributed by atoms with Gasteiger partial charge in [-0.25, -0.2) is 0 Å². The molecule has 0 saturated carbocycles. The molecule has 4 heteroatoms. The molecule has 0 aliphatic carbocycles. The maximum Gasteiger partial charge on any atom is 0.146 e. The molecule has 0 amide bonds. The van der Waals surface area contributed by atoms with Gasteiger partial charge in [-0.2, -0.15) is 0 Å². The van der Waals surface area contributed by atoms with Crippen molar-refractivity contribution in [2.75, 3.05) is 6.54 Å². The fourth-order valence-corrected chi connectivity index (χ4v) is 2.19. The van der Waals surface area contributed by atoms with Gasteiger partial charge in [0, 0.05) is 17.5 Å². The third-order valence-corrected chi connectivity index (χ3v) is 3.34. The first-order valence-corrected chi connectivity index (χ1v) is 7.10. The quantitative estimate of drug-likeness (QED) is 0.751. The molecule has 2 heterocycles. The number of nitrogens with one attached hydrogen (secondary N) is 1. The smallest absolute Gasteiger partial charge is 0.146 e. The number of ether oxygens (including phenoxy) is 1. The molecule has 21 heavy (non-hydrogen) atoms. The van der Waals surface area contributed by atoms with Crippen LogP contribution in [0.1, 0.15) is 18.2 Å². The second-order valence-electron chi connectivity index (χ2n) is 4.80. The number of nitrogens with zero attached hydrogens (tertiary/aromatic N) is 1. The molecule has 0 spiro atoms. The van der Waals surface area contributed by atoms with Gasteiger partial charge >= 0.3 is 0 Å². The molecule has 1 aromatic carbocycles. The molecule has 0 bridgehead atoms. The number of benzene rings is 1. The lowest BCUT2D eigenvalue weighted by Crippen LogP contribution is -2.12. The van der Waals surface area contributed by atoms with Crippen molar-refractivity contribution >= 4 is 10.9 Å². The van der Waals surface area contributed by atoms with Crippen LogP contribution in [-0.2, 0) is 13.2 Å². The van der Waals surface area contributed by atoms with E-state index < -0.39 is 0 Å². The van der Waals surface area contributed by atoms with Gasteiger partial charge in [0.05, 0.1) is 18.0 Å². The van der Waals surface area contributed by atoms with Crippen molar-refractivity contribution in [3.8, 4) is 5.75 Å². The first-order chi connectivity index (χ1) is 10.4. The van der Waals surface area contributed by atoms with Gasteiger partial charge in [0.15, 0.2) is 0 Å². The summed E-state index contributed by atoms with van der Waals surface area (Å²) in [5.74, 6) is 1.60. The second-order valence-corrected chi connectivity index (χ2v) is 4.80. The van der Waals surface area contributed by atoms with Crippen LogP contribution in [0.2, 0.25) is 0 Å². The van der Waals surface area contributed by atoms with Crippen LogP contribution in [0.3, 0.4) is 0 Å². The normalized spacial score (nSPS) is 10.9. The lowest BCUT2D eigenvalue weighted by Gasteiger charge is -2.07. The van der Waals surface area contributed by atoms with E-state index in [2.05, 4.69) is 17.2 Å². The summed E-state index contributed by atoms with van der Waals surface area (Å²) < 4.78 is 11.3. The van der Waals surface area contributed by atoms with Crippen molar-refractivity contribution in [3.05, 3.63) is 60.2 Å². The fourth-order valence-electron chi connectivity index (χ4n) is 2.19. The van der Waals surface area contributed by atoms with E-state index in [1.54, 1.807) is 12.5 Å². The van der Waals surface area contributed by atoms with Crippen molar-refractivity contribution in [1.29, 1.82) is 0 Å². The summed E-state index contributed by atoms with van der Waals surface area (Å²) >= 11 is 0. The Kier molecular flexibility index (Phi) is 4.17.